The first-order chi connectivity index (χ1) is 20.9. The van der Waals surface area contributed by atoms with Crippen molar-refractivity contribution in [3.05, 3.63) is 94.3 Å². The predicted molar refractivity (Wildman–Crippen MR) is 184 cm³/mol. The van der Waals surface area contributed by atoms with Gasteiger partial charge in [0.25, 0.3) is 0 Å². The molecule has 0 spiro atoms. The van der Waals surface area contributed by atoms with Gasteiger partial charge in [-0.2, -0.15) is 0 Å². The third kappa shape index (κ3) is 9.15. The summed E-state index contributed by atoms with van der Waals surface area (Å²) in [6.45, 7) is 10.8. The fourth-order valence-corrected chi connectivity index (χ4v) is 6.88. The number of aryl methyl sites for hydroxylation is 2. The van der Waals surface area contributed by atoms with E-state index in [0.29, 0.717) is 23.5 Å². The SMILES string of the molecule is Cc1cc(N(CCCl)CCCl)ccc1CN1CCCN(Cc2ccc(N(CCCl)CCCl)cc2C)C1c1cccc(F)c1. The van der Waals surface area contributed by atoms with Crippen molar-refractivity contribution in [1.82, 2.24) is 9.80 Å². The van der Waals surface area contributed by atoms with Gasteiger partial charge in [0, 0.05) is 87.3 Å². The lowest BCUT2D eigenvalue weighted by atomic mass is 10.0. The smallest absolute Gasteiger partial charge is 0.123 e. The van der Waals surface area contributed by atoms with Crippen LogP contribution in [0.5, 0.6) is 0 Å². The maximum absolute atomic E-state index is 14.6. The topological polar surface area (TPSA) is 13.0 Å². The highest BCUT2D eigenvalue weighted by molar-refractivity contribution is 6.19. The van der Waals surface area contributed by atoms with Crippen LogP contribution in [0.15, 0.2) is 60.7 Å². The number of alkyl halides is 4. The Bertz CT molecular complexity index is 1220. The van der Waals surface area contributed by atoms with Gasteiger partial charge in [-0.05, 0) is 84.5 Å². The van der Waals surface area contributed by atoms with Crippen LogP contribution in [-0.4, -0.2) is 72.6 Å². The number of hydrogen-bond acceptors (Lipinski definition) is 4. The molecule has 3 aromatic rings. The zero-order valence-electron chi connectivity index (χ0n) is 25.2. The normalized spacial score (nSPS) is 14.8. The number of anilines is 2. The Morgan fingerprint density at radius 3 is 1.53 bits per heavy atom. The maximum atomic E-state index is 14.6. The van der Waals surface area contributed by atoms with Crippen LogP contribution in [0.3, 0.4) is 0 Å². The molecule has 0 N–H and O–H groups in total. The average Bonchev–Trinajstić information content (AvgIpc) is 2.99. The minimum Gasteiger partial charge on any atom is -0.369 e. The highest BCUT2D eigenvalue weighted by Gasteiger charge is 2.31. The van der Waals surface area contributed by atoms with E-state index in [2.05, 4.69) is 75.9 Å². The molecule has 43 heavy (non-hydrogen) atoms. The fraction of sp³-hybridized carbons (Fsp3) is 0.471. The van der Waals surface area contributed by atoms with Crippen molar-refractivity contribution in [1.29, 1.82) is 0 Å². The highest BCUT2D eigenvalue weighted by Crippen LogP contribution is 2.34. The van der Waals surface area contributed by atoms with E-state index in [-0.39, 0.29) is 12.0 Å². The minimum atomic E-state index is -0.207. The van der Waals surface area contributed by atoms with Crippen LogP contribution in [0.1, 0.15) is 40.4 Å². The van der Waals surface area contributed by atoms with Crippen molar-refractivity contribution >= 4 is 57.8 Å². The Morgan fingerprint density at radius 2 is 1.14 bits per heavy atom. The van der Waals surface area contributed by atoms with Crippen molar-refractivity contribution in [2.75, 3.05) is 72.6 Å². The standard InChI is InChI=1S/C34H43Cl4FN4/c1-26-21-32(40(17-11-35)18-12-36)9-7-29(26)24-42-15-4-16-43(34(42)28-5-3-6-31(39)23-28)25-30-8-10-33(22-27(30)2)41(19-13-37)20-14-38/h3,5-10,21-23,34H,4,11-20,24-25H2,1-2H3. The van der Waals surface area contributed by atoms with Gasteiger partial charge in [0.2, 0.25) is 0 Å². The summed E-state index contributed by atoms with van der Waals surface area (Å²) in [5.41, 5.74) is 8.25. The summed E-state index contributed by atoms with van der Waals surface area (Å²) < 4.78 is 14.6. The van der Waals surface area contributed by atoms with Gasteiger partial charge >= 0.3 is 0 Å². The molecule has 1 fully saturated rings. The van der Waals surface area contributed by atoms with E-state index in [1.54, 1.807) is 6.07 Å². The van der Waals surface area contributed by atoms with Gasteiger partial charge in [0.1, 0.15) is 5.82 Å². The van der Waals surface area contributed by atoms with Crippen molar-refractivity contribution in [2.24, 2.45) is 0 Å². The first kappa shape index (κ1) is 34.1. The van der Waals surface area contributed by atoms with Gasteiger partial charge in [0.05, 0.1) is 6.17 Å². The lowest BCUT2D eigenvalue weighted by Gasteiger charge is -2.45. The van der Waals surface area contributed by atoms with Crippen molar-refractivity contribution < 1.29 is 4.39 Å². The van der Waals surface area contributed by atoms with Gasteiger partial charge in [-0.3, -0.25) is 9.80 Å². The van der Waals surface area contributed by atoms with E-state index in [1.165, 1.54) is 28.3 Å². The van der Waals surface area contributed by atoms with Crippen LogP contribution in [0.4, 0.5) is 15.8 Å². The summed E-state index contributed by atoms with van der Waals surface area (Å²) in [5, 5.41) is 0. The molecular weight excluding hydrogens is 625 g/mol. The Labute approximate surface area is 277 Å². The largest absolute Gasteiger partial charge is 0.369 e. The molecule has 1 heterocycles. The summed E-state index contributed by atoms with van der Waals surface area (Å²) >= 11 is 24.2. The molecule has 1 aliphatic heterocycles. The molecule has 0 radical (unpaired) electrons. The molecule has 0 atom stereocenters. The quantitative estimate of drug-likeness (QED) is 0.151. The Morgan fingerprint density at radius 1 is 0.674 bits per heavy atom. The summed E-state index contributed by atoms with van der Waals surface area (Å²) in [6.07, 6.45) is 0.994. The average molecular weight is 669 g/mol. The fourth-order valence-electron chi connectivity index (χ4n) is 6.07. The molecule has 9 heteroatoms. The number of hydrogen-bond donors (Lipinski definition) is 0. The molecule has 1 aliphatic rings. The molecule has 3 aromatic carbocycles. The second-order valence-corrected chi connectivity index (χ2v) is 12.7. The van der Waals surface area contributed by atoms with Crippen LogP contribution in [-0.2, 0) is 13.1 Å². The van der Waals surface area contributed by atoms with Gasteiger partial charge in [-0.15, -0.1) is 46.4 Å². The first-order valence-corrected chi connectivity index (χ1v) is 17.2. The van der Waals surface area contributed by atoms with Crippen LogP contribution < -0.4 is 9.80 Å². The highest BCUT2D eigenvalue weighted by atomic mass is 35.5. The Balaban J connectivity index is 1.60. The van der Waals surface area contributed by atoms with Crippen molar-refractivity contribution in [3.8, 4) is 0 Å². The summed E-state index contributed by atoms with van der Waals surface area (Å²) in [7, 11) is 0. The molecule has 234 valence electrons. The van der Waals surface area contributed by atoms with E-state index in [9.17, 15) is 4.39 Å². The van der Waals surface area contributed by atoms with Crippen molar-refractivity contribution in [3.63, 3.8) is 0 Å². The monoisotopic (exact) mass is 666 g/mol. The van der Waals surface area contributed by atoms with Gasteiger partial charge in [0.15, 0.2) is 0 Å². The lowest BCUT2D eigenvalue weighted by molar-refractivity contribution is -0.00943. The molecule has 0 amide bonds. The van der Waals surface area contributed by atoms with Gasteiger partial charge in [-0.1, -0.05) is 24.3 Å². The van der Waals surface area contributed by atoms with Gasteiger partial charge < -0.3 is 9.80 Å². The Hall–Kier alpha value is -1.73. The number of halogens is 5. The third-order valence-corrected chi connectivity index (χ3v) is 8.95. The predicted octanol–water partition coefficient (Wildman–Crippen LogP) is 8.42. The third-order valence-electron chi connectivity index (χ3n) is 8.28. The summed E-state index contributed by atoms with van der Waals surface area (Å²) in [4.78, 5) is 9.43. The zero-order valence-corrected chi connectivity index (χ0v) is 28.2. The molecule has 1 saturated heterocycles. The van der Waals surface area contributed by atoms with Gasteiger partial charge in [-0.25, -0.2) is 4.39 Å². The Kier molecular flexibility index (Phi) is 13.6. The lowest BCUT2D eigenvalue weighted by Crippen LogP contribution is -2.47. The molecule has 0 unspecified atom stereocenters. The maximum Gasteiger partial charge on any atom is 0.123 e. The van der Waals surface area contributed by atoms with E-state index in [0.717, 1.165) is 75.7 Å². The summed E-state index contributed by atoms with van der Waals surface area (Å²) in [5.74, 6) is 2.01. The van der Waals surface area contributed by atoms with Crippen molar-refractivity contribution in [2.45, 2.75) is 39.5 Å². The van der Waals surface area contributed by atoms with E-state index in [1.807, 2.05) is 6.07 Å². The number of nitrogens with zero attached hydrogens (tertiary/aromatic N) is 4. The second-order valence-electron chi connectivity index (χ2n) is 11.2. The zero-order chi connectivity index (χ0) is 30.8. The molecular formula is C34H43Cl4FN4. The second kappa shape index (κ2) is 17.1. The van der Waals surface area contributed by atoms with E-state index < -0.39 is 0 Å². The van der Waals surface area contributed by atoms with E-state index in [4.69, 9.17) is 46.4 Å². The summed E-state index contributed by atoms with van der Waals surface area (Å²) in [6, 6.07) is 20.3. The molecule has 0 bridgehead atoms. The molecule has 4 nitrogen and oxygen atoms in total. The molecule has 0 aromatic heterocycles. The first-order valence-electron chi connectivity index (χ1n) is 15.0. The molecule has 0 saturated carbocycles. The van der Waals surface area contributed by atoms with Crippen LogP contribution in [0, 0.1) is 19.7 Å². The van der Waals surface area contributed by atoms with Crippen LogP contribution in [0.2, 0.25) is 0 Å². The minimum absolute atomic E-state index is 0.0457. The molecule has 0 aliphatic carbocycles. The van der Waals surface area contributed by atoms with Crippen LogP contribution in [0.25, 0.3) is 0 Å². The van der Waals surface area contributed by atoms with E-state index >= 15 is 0 Å². The van der Waals surface area contributed by atoms with Crippen LogP contribution >= 0.6 is 46.4 Å². The molecule has 4 rings (SSSR count). The number of rotatable bonds is 15. The number of benzene rings is 3.